The molecular formula is C32H56N2O4. The summed E-state index contributed by atoms with van der Waals surface area (Å²) in [5.41, 5.74) is 8.09. The molecule has 0 radical (unpaired) electrons. The Labute approximate surface area is 232 Å². The van der Waals surface area contributed by atoms with Crippen molar-refractivity contribution in [3.8, 4) is 5.75 Å². The molecule has 0 bridgehead atoms. The maximum absolute atomic E-state index is 12.5. The van der Waals surface area contributed by atoms with Crippen LogP contribution in [0.2, 0.25) is 0 Å². The lowest BCUT2D eigenvalue weighted by Gasteiger charge is -2.29. The molecule has 1 aromatic carbocycles. The van der Waals surface area contributed by atoms with Gasteiger partial charge in [-0.3, -0.25) is 9.59 Å². The fourth-order valence-corrected chi connectivity index (χ4v) is 4.40. The Kier molecular flexibility index (Phi) is 13.5. The molecule has 0 saturated heterocycles. The molecule has 0 saturated carbocycles. The molecule has 1 aromatic rings. The number of carbonyl (C=O) groups is 2. The zero-order chi connectivity index (χ0) is 29.3. The molecule has 0 aromatic heterocycles. The first kappa shape index (κ1) is 34.1. The van der Waals surface area contributed by atoms with Crippen LogP contribution in [0.5, 0.6) is 5.75 Å². The van der Waals surface area contributed by atoms with E-state index in [2.05, 4.69) is 65.1 Å². The van der Waals surface area contributed by atoms with Crippen LogP contribution >= 0.6 is 0 Å². The molecule has 6 heteroatoms. The van der Waals surface area contributed by atoms with Crippen LogP contribution in [0.25, 0.3) is 0 Å². The highest BCUT2D eigenvalue weighted by molar-refractivity contribution is 5.85. The molecule has 0 aliphatic rings. The largest absolute Gasteiger partial charge is 0.486 e. The number of rotatable bonds is 15. The van der Waals surface area contributed by atoms with Gasteiger partial charge in [-0.1, -0.05) is 87.8 Å². The smallest absolute Gasteiger partial charge is 0.222 e. The zero-order valence-electron chi connectivity index (χ0n) is 25.8. The number of unbranched alkanes of at least 4 members (excludes halogenated alkanes) is 1. The predicted octanol–water partition coefficient (Wildman–Crippen LogP) is 5.81. The molecule has 6 nitrogen and oxygen atoms in total. The monoisotopic (exact) mass is 532 g/mol. The number of amides is 1. The molecule has 218 valence electrons. The van der Waals surface area contributed by atoms with E-state index >= 15 is 0 Å². The van der Waals surface area contributed by atoms with Crippen LogP contribution in [0.1, 0.15) is 106 Å². The third kappa shape index (κ3) is 11.4. The minimum absolute atomic E-state index is 0.0264. The highest BCUT2D eigenvalue weighted by Gasteiger charge is 2.27. The second-order valence-corrected chi connectivity index (χ2v) is 13.5. The standard InChI is InChI=1S/C32H56N2O4/c1-11-12-15-34-30(37)22(4)16-27(35)26(33)19-24(21(2)3)17-23-13-14-25(31(5,6)7)28(18-23)38-20-29(36)32(8,9)10/h13-14,18,21-22,24,26-27,35H,11-12,15-17,19-20,33H2,1-10H3,(H,34,37)/t22?,24-,26-,27-/m0/s1. The highest BCUT2D eigenvalue weighted by atomic mass is 16.5. The molecule has 4 N–H and O–H groups in total. The summed E-state index contributed by atoms with van der Waals surface area (Å²) in [6.45, 7) is 21.1. The van der Waals surface area contributed by atoms with Crippen LogP contribution < -0.4 is 15.8 Å². The van der Waals surface area contributed by atoms with Crippen LogP contribution in [0, 0.1) is 23.2 Å². The predicted molar refractivity (Wildman–Crippen MR) is 157 cm³/mol. The topological polar surface area (TPSA) is 102 Å². The summed E-state index contributed by atoms with van der Waals surface area (Å²) < 4.78 is 6.10. The summed E-state index contributed by atoms with van der Waals surface area (Å²) in [6, 6.07) is 5.90. The Morgan fingerprint density at radius 2 is 1.68 bits per heavy atom. The third-order valence-corrected chi connectivity index (χ3v) is 7.43. The number of hydrogen-bond donors (Lipinski definition) is 3. The molecule has 1 rings (SSSR count). The zero-order valence-corrected chi connectivity index (χ0v) is 25.8. The van der Waals surface area contributed by atoms with Gasteiger partial charge in [-0.25, -0.2) is 0 Å². The van der Waals surface area contributed by atoms with Crippen LogP contribution in [0.3, 0.4) is 0 Å². The summed E-state index contributed by atoms with van der Waals surface area (Å²) in [4.78, 5) is 24.9. The lowest BCUT2D eigenvalue weighted by Crippen LogP contribution is -2.41. The quantitative estimate of drug-likeness (QED) is 0.247. The number of carbonyl (C=O) groups excluding carboxylic acids is 2. The Balaban J connectivity index is 2.96. The average Bonchev–Trinajstić information content (AvgIpc) is 2.80. The van der Waals surface area contributed by atoms with Gasteiger partial charge in [0.05, 0.1) is 6.10 Å². The number of aliphatic hydroxyl groups excluding tert-OH is 1. The van der Waals surface area contributed by atoms with E-state index in [1.54, 1.807) is 0 Å². The van der Waals surface area contributed by atoms with Crippen molar-refractivity contribution in [3.05, 3.63) is 29.3 Å². The molecule has 0 heterocycles. The third-order valence-electron chi connectivity index (χ3n) is 7.43. The Bertz CT molecular complexity index is 882. The number of ether oxygens (including phenoxy) is 1. The maximum Gasteiger partial charge on any atom is 0.222 e. The first-order chi connectivity index (χ1) is 17.5. The van der Waals surface area contributed by atoms with E-state index in [0.29, 0.717) is 25.3 Å². The van der Waals surface area contributed by atoms with Gasteiger partial charge in [-0.05, 0) is 60.1 Å². The lowest BCUT2D eigenvalue weighted by atomic mass is 9.81. The van der Waals surface area contributed by atoms with Crippen molar-refractivity contribution in [2.75, 3.05) is 13.2 Å². The highest BCUT2D eigenvalue weighted by Crippen LogP contribution is 2.34. The van der Waals surface area contributed by atoms with Crippen LogP contribution in [-0.2, 0) is 21.4 Å². The van der Waals surface area contributed by atoms with Crippen molar-refractivity contribution >= 4 is 11.7 Å². The Morgan fingerprint density at radius 3 is 2.21 bits per heavy atom. The fourth-order valence-electron chi connectivity index (χ4n) is 4.40. The number of ketones is 1. The normalized spacial score (nSPS) is 15.6. The van der Waals surface area contributed by atoms with Crippen molar-refractivity contribution in [3.63, 3.8) is 0 Å². The van der Waals surface area contributed by atoms with E-state index < -0.39 is 17.6 Å². The van der Waals surface area contributed by atoms with Gasteiger partial charge in [-0.15, -0.1) is 0 Å². The average molecular weight is 533 g/mol. The van der Waals surface area contributed by atoms with Crippen molar-refractivity contribution in [2.45, 2.75) is 119 Å². The summed E-state index contributed by atoms with van der Waals surface area (Å²) in [6.07, 6.45) is 3.04. The molecule has 1 amide bonds. The summed E-state index contributed by atoms with van der Waals surface area (Å²) in [7, 11) is 0. The summed E-state index contributed by atoms with van der Waals surface area (Å²) in [5, 5.41) is 13.7. The molecule has 0 fully saturated rings. The van der Waals surface area contributed by atoms with E-state index in [-0.39, 0.29) is 35.5 Å². The van der Waals surface area contributed by atoms with Gasteiger partial charge in [0, 0.05) is 23.9 Å². The van der Waals surface area contributed by atoms with Gasteiger partial charge in [0.1, 0.15) is 12.4 Å². The fraction of sp³-hybridized carbons (Fsp3) is 0.750. The first-order valence-electron chi connectivity index (χ1n) is 14.5. The van der Waals surface area contributed by atoms with Gasteiger partial charge in [-0.2, -0.15) is 0 Å². The molecular weight excluding hydrogens is 476 g/mol. The van der Waals surface area contributed by atoms with Crippen LogP contribution in [0.15, 0.2) is 18.2 Å². The van der Waals surface area contributed by atoms with Crippen LogP contribution in [-0.4, -0.2) is 42.1 Å². The molecule has 1 unspecified atom stereocenters. The van der Waals surface area contributed by atoms with E-state index in [4.69, 9.17) is 10.5 Å². The van der Waals surface area contributed by atoms with E-state index in [1.165, 1.54) is 0 Å². The Morgan fingerprint density at radius 1 is 1.05 bits per heavy atom. The maximum atomic E-state index is 12.5. The van der Waals surface area contributed by atoms with Crippen molar-refractivity contribution in [2.24, 2.45) is 28.9 Å². The van der Waals surface area contributed by atoms with E-state index in [0.717, 1.165) is 36.1 Å². The number of nitrogens with two attached hydrogens (primary N) is 1. The summed E-state index contributed by atoms with van der Waals surface area (Å²) in [5.74, 6) is 1.11. The minimum atomic E-state index is -0.742. The Hall–Kier alpha value is -1.92. The minimum Gasteiger partial charge on any atom is -0.486 e. The number of hydrogen-bond acceptors (Lipinski definition) is 5. The second kappa shape index (κ2) is 15.0. The SMILES string of the molecule is CCCCNC(=O)C(C)C[C@H](O)[C@@H](N)C[C@H](Cc1ccc(C(C)(C)C)c(OCC(=O)C(C)(C)C)c1)C(C)C. The van der Waals surface area contributed by atoms with Crippen molar-refractivity contribution < 1.29 is 19.4 Å². The van der Waals surface area contributed by atoms with Crippen molar-refractivity contribution in [1.29, 1.82) is 0 Å². The molecule has 38 heavy (non-hydrogen) atoms. The number of Topliss-reactive ketones (excluding diaryl/α,β-unsaturated/α-hetero) is 1. The van der Waals surface area contributed by atoms with Gasteiger partial charge in [0.2, 0.25) is 5.91 Å². The van der Waals surface area contributed by atoms with Crippen molar-refractivity contribution in [1.82, 2.24) is 5.32 Å². The lowest BCUT2D eigenvalue weighted by molar-refractivity contribution is -0.128. The number of benzene rings is 1. The van der Waals surface area contributed by atoms with Gasteiger partial charge < -0.3 is 20.9 Å². The van der Waals surface area contributed by atoms with Gasteiger partial charge >= 0.3 is 0 Å². The second-order valence-electron chi connectivity index (χ2n) is 13.5. The molecule has 0 aliphatic heterocycles. The van der Waals surface area contributed by atoms with Crippen LogP contribution in [0.4, 0.5) is 0 Å². The molecule has 0 aliphatic carbocycles. The van der Waals surface area contributed by atoms with E-state index in [9.17, 15) is 14.7 Å². The summed E-state index contributed by atoms with van der Waals surface area (Å²) >= 11 is 0. The number of nitrogens with one attached hydrogen (secondary N) is 1. The molecule has 0 spiro atoms. The van der Waals surface area contributed by atoms with Gasteiger partial charge in [0.25, 0.3) is 0 Å². The first-order valence-corrected chi connectivity index (χ1v) is 14.5. The van der Waals surface area contributed by atoms with E-state index in [1.807, 2.05) is 27.7 Å². The number of aliphatic hydroxyl groups is 1. The molecule has 4 atom stereocenters. The van der Waals surface area contributed by atoms with Gasteiger partial charge in [0.15, 0.2) is 5.78 Å².